The van der Waals surface area contributed by atoms with Gasteiger partial charge in [-0.2, -0.15) is 0 Å². The van der Waals surface area contributed by atoms with Gasteiger partial charge in [0.25, 0.3) is 0 Å². The van der Waals surface area contributed by atoms with Crippen molar-refractivity contribution in [3.05, 3.63) is 70.2 Å². The van der Waals surface area contributed by atoms with E-state index >= 15 is 0 Å². The summed E-state index contributed by atoms with van der Waals surface area (Å²) in [6.45, 7) is 1.75. The molecule has 0 heterocycles. The summed E-state index contributed by atoms with van der Waals surface area (Å²) in [6, 6.07) is 10.5. The van der Waals surface area contributed by atoms with Gasteiger partial charge in [0, 0.05) is 10.6 Å². The highest BCUT2D eigenvalue weighted by molar-refractivity contribution is 6.30. The number of hydrogen-bond acceptors (Lipinski definition) is 1. The highest BCUT2D eigenvalue weighted by Crippen LogP contribution is 2.25. The van der Waals surface area contributed by atoms with E-state index in [1.807, 2.05) is 0 Å². The lowest BCUT2D eigenvalue weighted by Gasteiger charge is -2.25. The van der Waals surface area contributed by atoms with Crippen LogP contribution in [-0.4, -0.2) is 0 Å². The van der Waals surface area contributed by atoms with Gasteiger partial charge < -0.3 is 5.73 Å². The first kappa shape index (κ1) is 14.0. The van der Waals surface area contributed by atoms with Crippen LogP contribution in [-0.2, 0) is 12.0 Å². The Kier molecular flexibility index (Phi) is 3.88. The summed E-state index contributed by atoms with van der Waals surface area (Å²) in [5.41, 5.74) is 6.41. The zero-order valence-electron chi connectivity index (χ0n) is 10.5. The third kappa shape index (κ3) is 3.31. The maximum Gasteiger partial charge on any atom is 0.127 e. The second-order valence-electron chi connectivity index (χ2n) is 4.84. The summed E-state index contributed by atoms with van der Waals surface area (Å²) >= 11 is 5.71. The lowest BCUT2D eigenvalue weighted by Crippen LogP contribution is -2.35. The van der Waals surface area contributed by atoms with Crippen molar-refractivity contribution in [1.29, 1.82) is 0 Å². The zero-order chi connectivity index (χ0) is 14.0. The van der Waals surface area contributed by atoms with Gasteiger partial charge >= 0.3 is 0 Å². The van der Waals surface area contributed by atoms with E-state index in [4.69, 9.17) is 17.3 Å². The molecule has 0 fully saturated rings. The smallest absolute Gasteiger partial charge is 0.127 e. The second-order valence-corrected chi connectivity index (χ2v) is 5.28. The predicted molar refractivity (Wildman–Crippen MR) is 73.1 cm³/mol. The summed E-state index contributed by atoms with van der Waals surface area (Å²) in [6.07, 6.45) is 0.263. The standard InChI is InChI=1S/C15H14ClF2N/c1-15(19,11-3-2-4-13(17)7-11)9-10-5-6-12(16)8-14(10)18/h2-8H,9,19H2,1H3. The predicted octanol–water partition coefficient (Wildman–Crippen LogP) is 4.03. The summed E-state index contributed by atoms with van der Waals surface area (Å²) in [4.78, 5) is 0. The maximum absolute atomic E-state index is 13.8. The number of rotatable bonds is 3. The number of benzene rings is 2. The van der Waals surface area contributed by atoms with Crippen molar-refractivity contribution >= 4 is 11.6 Å². The van der Waals surface area contributed by atoms with Gasteiger partial charge in [0.05, 0.1) is 0 Å². The van der Waals surface area contributed by atoms with Crippen LogP contribution < -0.4 is 5.73 Å². The molecule has 0 aromatic heterocycles. The average molecular weight is 282 g/mol. The molecule has 0 amide bonds. The van der Waals surface area contributed by atoms with E-state index in [9.17, 15) is 8.78 Å². The van der Waals surface area contributed by atoms with Crippen molar-refractivity contribution in [1.82, 2.24) is 0 Å². The molecule has 1 atom stereocenters. The summed E-state index contributed by atoms with van der Waals surface area (Å²) in [5.74, 6) is -0.758. The molecule has 0 saturated heterocycles. The Morgan fingerprint density at radius 3 is 2.53 bits per heavy atom. The molecule has 19 heavy (non-hydrogen) atoms. The number of nitrogens with two attached hydrogens (primary N) is 1. The first-order valence-electron chi connectivity index (χ1n) is 5.87. The molecule has 1 unspecified atom stereocenters. The lowest BCUT2D eigenvalue weighted by molar-refractivity contribution is 0.471. The van der Waals surface area contributed by atoms with Crippen molar-refractivity contribution < 1.29 is 8.78 Å². The molecule has 1 nitrogen and oxygen atoms in total. The van der Waals surface area contributed by atoms with Crippen molar-refractivity contribution in [2.75, 3.05) is 0 Å². The molecule has 2 rings (SSSR count). The van der Waals surface area contributed by atoms with Gasteiger partial charge in [-0.25, -0.2) is 8.78 Å². The fraction of sp³-hybridized carbons (Fsp3) is 0.200. The fourth-order valence-electron chi connectivity index (χ4n) is 2.01. The van der Waals surface area contributed by atoms with E-state index in [1.165, 1.54) is 18.2 Å². The van der Waals surface area contributed by atoms with Gasteiger partial charge in [-0.05, 0) is 48.7 Å². The van der Waals surface area contributed by atoms with E-state index in [0.29, 0.717) is 16.1 Å². The van der Waals surface area contributed by atoms with Crippen molar-refractivity contribution in [2.45, 2.75) is 18.9 Å². The average Bonchev–Trinajstić information content (AvgIpc) is 2.33. The van der Waals surface area contributed by atoms with E-state index in [0.717, 1.165) is 0 Å². The molecule has 0 spiro atoms. The SMILES string of the molecule is CC(N)(Cc1ccc(Cl)cc1F)c1cccc(F)c1. The molecule has 0 aliphatic carbocycles. The third-order valence-corrected chi connectivity index (χ3v) is 3.29. The van der Waals surface area contributed by atoms with Crippen molar-refractivity contribution in [3.8, 4) is 0 Å². The fourth-order valence-corrected chi connectivity index (χ4v) is 2.17. The molecule has 0 bridgehead atoms. The monoisotopic (exact) mass is 281 g/mol. The molecule has 0 aliphatic heterocycles. The van der Waals surface area contributed by atoms with Crippen LogP contribution in [0.2, 0.25) is 5.02 Å². The molecular formula is C15H14ClF2N. The summed E-state index contributed by atoms with van der Waals surface area (Å²) < 4.78 is 27.0. The highest BCUT2D eigenvalue weighted by atomic mass is 35.5. The van der Waals surface area contributed by atoms with Crippen LogP contribution in [0.1, 0.15) is 18.1 Å². The molecular weight excluding hydrogens is 268 g/mol. The summed E-state index contributed by atoms with van der Waals surface area (Å²) in [7, 11) is 0. The van der Waals surface area contributed by atoms with Crippen LogP contribution in [0, 0.1) is 11.6 Å². The van der Waals surface area contributed by atoms with E-state index in [-0.39, 0.29) is 12.2 Å². The minimum atomic E-state index is -0.850. The Labute approximate surface area is 116 Å². The van der Waals surface area contributed by atoms with Crippen molar-refractivity contribution in [2.24, 2.45) is 5.73 Å². The Hall–Kier alpha value is -1.45. The van der Waals surface area contributed by atoms with Gasteiger partial charge in [0.1, 0.15) is 11.6 Å². The zero-order valence-corrected chi connectivity index (χ0v) is 11.2. The van der Waals surface area contributed by atoms with Crippen LogP contribution in [0.25, 0.3) is 0 Å². The lowest BCUT2D eigenvalue weighted by atomic mass is 9.86. The van der Waals surface area contributed by atoms with Crippen molar-refractivity contribution in [3.63, 3.8) is 0 Å². The first-order valence-corrected chi connectivity index (χ1v) is 6.25. The Balaban J connectivity index is 2.30. The highest BCUT2D eigenvalue weighted by Gasteiger charge is 2.23. The van der Waals surface area contributed by atoms with E-state index in [1.54, 1.807) is 31.2 Å². The number of halogens is 3. The van der Waals surface area contributed by atoms with Gasteiger partial charge in [-0.3, -0.25) is 0 Å². The Bertz CT molecular complexity index is 596. The van der Waals surface area contributed by atoms with Gasteiger partial charge in [0.2, 0.25) is 0 Å². The Morgan fingerprint density at radius 1 is 1.16 bits per heavy atom. The van der Waals surface area contributed by atoms with Crippen LogP contribution >= 0.6 is 11.6 Å². The molecule has 0 aliphatic rings. The molecule has 4 heteroatoms. The topological polar surface area (TPSA) is 26.0 Å². The van der Waals surface area contributed by atoms with Crippen LogP contribution in [0.15, 0.2) is 42.5 Å². The normalized spacial score (nSPS) is 14.2. The largest absolute Gasteiger partial charge is 0.321 e. The molecule has 2 aromatic carbocycles. The molecule has 0 saturated carbocycles. The van der Waals surface area contributed by atoms with E-state index in [2.05, 4.69) is 0 Å². The van der Waals surface area contributed by atoms with Gasteiger partial charge in [0.15, 0.2) is 0 Å². The van der Waals surface area contributed by atoms with Crippen LogP contribution in [0.5, 0.6) is 0 Å². The third-order valence-electron chi connectivity index (χ3n) is 3.06. The van der Waals surface area contributed by atoms with E-state index < -0.39 is 11.4 Å². The molecule has 100 valence electrons. The minimum absolute atomic E-state index is 0.263. The first-order chi connectivity index (χ1) is 8.88. The van der Waals surface area contributed by atoms with Gasteiger partial charge in [-0.1, -0.05) is 29.8 Å². The summed E-state index contributed by atoms with van der Waals surface area (Å²) in [5, 5.41) is 0.339. The molecule has 2 aromatic rings. The minimum Gasteiger partial charge on any atom is -0.321 e. The second kappa shape index (κ2) is 5.27. The van der Waals surface area contributed by atoms with Gasteiger partial charge in [-0.15, -0.1) is 0 Å². The van der Waals surface area contributed by atoms with Crippen LogP contribution in [0.3, 0.4) is 0 Å². The maximum atomic E-state index is 13.8. The molecule has 0 radical (unpaired) electrons. The Morgan fingerprint density at radius 2 is 1.89 bits per heavy atom. The van der Waals surface area contributed by atoms with Crippen LogP contribution in [0.4, 0.5) is 8.78 Å². The number of hydrogen-bond donors (Lipinski definition) is 1. The molecule has 2 N–H and O–H groups in total. The quantitative estimate of drug-likeness (QED) is 0.903.